The molecule has 1 rings (SSSR count). The lowest BCUT2D eigenvalue weighted by Crippen LogP contribution is -2.48. The van der Waals surface area contributed by atoms with Crippen LogP contribution in [0.1, 0.15) is 26.7 Å². The maximum Gasteiger partial charge on any atom is 0.251 e. The van der Waals surface area contributed by atoms with Crippen LogP contribution in [0.3, 0.4) is 0 Å². The van der Waals surface area contributed by atoms with Gasteiger partial charge in [0.2, 0.25) is 0 Å². The van der Waals surface area contributed by atoms with E-state index >= 15 is 0 Å². The van der Waals surface area contributed by atoms with Gasteiger partial charge in [0, 0.05) is 18.6 Å². The molecule has 0 aromatic carbocycles. The fraction of sp³-hybridized carbons (Fsp3) is 1.00. The molecule has 1 atom stereocenters. The van der Waals surface area contributed by atoms with Gasteiger partial charge in [0.25, 0.3) is 6.43 Å². The highest BCUT2D eigenvalue weighted by Gasteiger charge is 2.21. The van der Waals surface area contributed by atoms with E-state index in [1.807, 2.05) is 4.90 Å². The predicted octanol–water partition coefficient (Wildman–Crippen LogP) is 1.71. The standard InChI is InChI=1S/C10H20F2N2/c1-8(2)13-9-4-3-5-14(6-9)7-10(11)12/h8-10,13H,3-7H2,1-2H3. The third-order valence-corrected chi connectivity index (χ3v) is 2.47. The van der Waals surface area contributed by atoms with Crippen molar-refractivity contribution in [2.75, 3.05) is 19.6 Å². The number of nitrogens with zero attached hydrogens (tertiary/aromatic N) is 1. The molecule has 1 saturated heterocycles. The zero-order valence-electron chi connectivity index (χ0n) is 8.97. The minimum absolute atomic E-state index is 0.0731. The van der Waals surface area contributed by atoms with E-state index in [1.165, 1.54) is 0 Å². The second kappa shape index (κ2) is 5.61. The van der Waals surface area contributed by atoms with Gasteiger partial charge in [0.15, 0.2) is 0 Å². The van der Waals surface area contributed by atoms with E-state index in [1.54, 1.807) is 0 Å². The van der Waals surface area contributed by atoms with Gasteiger partial charge < -0.3 is 5.32 Å². The van der Waals surface area contributed by atoms with Crippen LogP contribution in [-0.2, 0) is 0 Å². The van der Waals surface area contributed by atoms with E-state index in [0.29, 0.717) is 12.1 Å². The first-order chi connectivity index (χ1) is 6.58. The van der Waals surface area contributed by atoms with Crippen molar-refractivity contribution >= 4 is 0 Å². The van der Waals surface area contributed by atoms with Crippen LogP contribution in [0, 0.1) is 0 Å². The summed E-state index contributed by atoms with van der Waals surface area (Å²) in [6.45, 7) is 5.69. The van der Waals surface area contributed by atoms with Crippen LogP contribution in [-0.4, -0.2) is 43.0 Å². The maximum atomic E-state index is 12.1. The Morgan fingerprint density at radius 2 is 2.14 bits per heavy atom. The van der Waals surface area contributed by atoms with Gasteiger partial charge in [0.1, 0.15) is 0 Å². The summed E-state index contributed by atoms with van der Waals surface area (Å²) in [5.41, 5.74) is 0. The molecule has 1 N–H and O–H groups in total. The molecule has 1 aliphatic heterocycles. The number of piperidine rings is 1. The van der Waals surface area contributed by atoms with E-state index in [2.05, 4.69) is 19.2 Å². The SMILES string of the molecule is CC(C)NC1CCCN(CC(F)F)C1. The van der Waals surface area contributed by atoms with Gasteiger partial charge in [-0.25, -0.2) is 8.78 Å². The highest BCUT2D eigenvalue weighted by atomic mass is 19.3. The summed E-state index contributed by atoms with van der Waals surface area (Å²) in [5, 5.41) is 3.40. The van der Waals surface area contributed by atoms with Crippen molar-refractivity contribution in [2.24, 2.45) is 0 Å². The number of hydrogen-bond donors (Lipinski definition) is 1. The average Bonchev–Trinajstić information content (AvgIpc) is 2.01. The number of halogens is 2. The Bertz CT molecular complexity index is 146. The van der Waals surface area contributed by atoms with E-state index in [-0.39, 0.29) is 6.54 Å². The number of likely N-dealkylation sites (tertiary alicyclic amines) is 1. The summed E-state index contributed by atoms with van der Waals surface area (Å²) in [6, 6.07) is 0.828. The topological polar surface area (TPSA) is 15.3 Å². The number of rotatable bonds is 4. The number of alkyl halides is 2. The lowest BCUT2D eigenvalue weighted by Gasteiger charge is -2.33. The minimum atomic E-state index is -2.20. The van der Waals surface area contributed by atoms with E-state index in [0.717, 1.165) is 25.9 Å². The minimum Gasteiger partial charge on any atom is -0.311 e. The molecule has 1 unspecified atom stereocenters. The fourth-order valence-electron chi connectivity index (χ4n) is 2.02. The zero-order chi connectivity index (χ0) is 10.6. The van der Waals surface area contributed by atoms with Gasteiger partial charge in [0.05, 0.1) is 6.54 Å². The first-order valence-electron chi connectivity index (χ1n) is 5.34. The van der Waals surface area contributed by atoms with Crippen molar-refractivity contribution in [1.29, 1.82) is 0 Å². The van der Waals surface area contributed by atoms with Crippen molar-refractivity contribution in [3.05, 3.63) is 0 Å². The zero-order valence-corrected chi connectivity index (χ0v) is 8.97. The summed E-state index contributed by atoms with van der Waals surface area (Å²) >= 11 is 0. The Morgan fingerprint density at radius 3 is 2.71 bits per heavy atom. The Kier molecular flexibility index (Phi) is 4.75. The molecule has 1 aliphatic rings. The lowest BCUT2D eigenvalue weighted by atomic mass is 10.1. The quantitative estimate of drug-likeness (QED) is 0.753. The molecule has 0 aromatic heterocycles. The summed E-state index contributed by atoms with van der Waals surface area (Å²) in [7, 11) is 0. The molecule has 1 fully saturated rings. The maximum absolute atomic E-state index is 12.1. The van der Waals surface area contributed by atoms with Crippen LogP contribution in [0.25, 0.3) is 0 Å². The Hall–Kier alpha value is -0.220. The molecule has 0 amide bonds. The second-order valence-corrected chi connectivity index (χ2v) is 4.31. The van der Waals surface area contributed by atoms with E-state index in [9.17, 15) is 8.78 Å². The monoisotopic (exact) mass is 206 g/mol. The number of hydrogen-bond acceptors (Lipinski definition) is 2. The van der Waals surface area contributed by atoms with Crippen LogP contribution in [0.5, 0.6) is 0 Å². The summed E-state index contributed by atoms with van der Waals surface area (Å²) in [4.78, 5) is 1.86. The summed E-state index contributed by atoms with van der Waals surface area (Å²) in [6.07, 6.45) is -0.0672. The van der Waals surface area contributed by atoms with Gasteiger partial charge in [-0.3, -0.25) is 4.90 Å². The fourth-order valence-corrected chi connectivity index (χ4v) is 2.02. The van der Waals surface area contributed by atoms with Crippen molar-refractivity contribution in [2.45, 2.75) is 45.2 Å². The van der Waals surface area contributed by atoms with Gasteiger partial charge >= 0.3 is 0 Å². The Balaban J connectivity index is 2.28. The Morgan fingerprint density at radius 1 is 1.43 bits per heavy atom. The molecule has 1 heterocycles. The van der Waals surface area contributed by atoms with E-state index < -0.39 is 6.43 Å². The van der Waals surface area contributed by atoms with Crippen LogP contribution < -0.4 is 5.32 Å². The van der Waals surface area contributed by atoms with Crippen LogP contribution in [0.2, 0.25) is 0 Å². The molecule has 0 spiro atoms. The molecule has 4 heteroatoms. The van der Waals surface area contributed by atoms with Crippen molar-refractivity contribution in [3.8, 4) is 0 Å². The summed E-state index contributed by atoms with van der Waals surface area (Å²) in [5.74, 6) is 0. The lowest BCUT2D eigenvalue weighted by molar-refractivity contribution is 0.0697. The highest BCUT2D eigenvalue weighted by Crippen LogP contribution is 2.12. The molecule has 2 nitrogen and oxygen atoms in total. The van der Waals surface area contributed by atoms with Crippen LogP contribution >= 0.6 is 0 Å². The average molecular weight is 206 g/mol. The molecule has 0 aliphatic carbocycles. The molecule has 0 bridgehead atoms. The third kappa shape index (κ3) is 4.33. The first kappa shape index (κ1) is 11.9. The largest absolute Gasteiger partial charge is 0.311 e. The number of nitrogens with one attached hydrogen (secondary N) is 1. The van der Waals surface area contributed by atoms with Gasteiger partial charge in [-0.15, -0.1) is 0 Å². The van der Waals surface area contributed by atoms with Gasteiger partial charge in [-0.1, -0.05) is 13.8 Å². The second-order valence-electron chi connectivity index (χ2n) is 4.31. The smallest absolute Gasteiger partial charge is 0.251 e. The van der Waals surface area contributed by atoms with Gasteiger partial charge in [-0.2, -0.15) is 0 Å². The van der Waals surface area contributed by atoms with Crippen molar-refractivity contribution in [3.63, 3.8) is 0 Å². The molecular formula is C10H20F2N2. The van der Waals surface area contributed by atoms with Gasteiger partial charge in [-0.05, 0) is 19.4 Å². The normalized spacial score (nSPS) is 24.9. The first-order valence-corrected chi connectivity index (χ1v) is 5.34. The molecule has 84 valence electrons. The Labute approximate surface area is 84.7 Å². The molecule has 0 saturated carbocycles. The highest BCUT2D eigenvalue weighted by molar-refractivity contribution is 4.79. The molecular weight excluding hydrogens is 186 g/mol. The van der Waals surface area contributed by atoms with Crippen LogP contribution in [0.15, 0.2) is 0 Å². The predicted molar refractivity (Wildman–Crippen MR) is 53.7 cm³/mol. The molecule has 14 heavy (non-hydrogen) atoms. The van der Waals surface area contributed by atoms with E-state index in [4.69, 9.17) is 0 Å². The third-order valence-electron chi connectivity index (χ3n) is 2.47. The summed E-state index contributed by atoms with van der Waals surface area (Å²) < 4.78 is 24.3. The van der Waals surface area contributed by atoms with Crippen molar-refractivity contribution in [1.82, 2.24) is 10.2 Å². The molecule has 0 radical (unpaired) electrons. The molecule has 0 aromatic rings. The van der Waals surface area contributed by atoms with Crippen LogP contribution in [0.4, 0.5) is 8.78 Å². The van der Waals surface area contributed by atoms with Crippen molar-refractivity contribution < 1.29 is 8.78 Å².